The van der Waals surface area contributed by atoms with Crippen LogP contribution in [0.15, 0.2) is 198 Å². The molecule has 3 heterocycles. The van der Waals surface area contributed by atoms with Crippen LogP contribution in [0.4, 0.5) is 0 Å². The van der Waals surface area contributed by atoms with Gasteiger partial charge in [0.1, 0.15) is 5.58 Å². The molecule has 0 aliphatic rings. The number of fused-ring (bicyclic) bond motifs is 5. The zero-order valence-electron chi connectivity index (χ0n) is 47.9. The summed E-state index contributed by atoms with van der Waals surface area (Å²) in [5, 5.41) is 1.73. The number of imidazole rings is 2. The van der Waals surface area contributed by atoms with Gasteiger partial charge in [-0.1, -0.05) is 181 Å². The Morgan fingerprint density at radius 2 is 1.03 bits per heavy atom. The largest absolute Gasteiger partial charge is 0.501 e. The fourth-order valence-corrected chi connectivity index (χ4v) is 10.2. The Hall–Kier alpha value is -7.63. The van der Waals surface area contributed by atoms with Crippen molar-refractivity contribution in [2.24, 2.45) is 0 Å². The van der Waals surface area contributed by atoms with Crippen LogP contribution in [-0.2, 0) is 20.1 Å². The average molecular weight is 1150 g/mol. The molecule has 0 aliphatic heterocycles. The normalized spacial score (nSPS) is 12.6. The molecule has 0 fully saturated rings. The van der Waals surface area contributed by atoms with Gasteiger partial charge in [0.15, 0.2) is 0 Å². The maximum Gasteiger partial charge on any atom is 0.121 e. The van der Waals surface area contributed by atoms with E-state index < -0.39 is 6.04 Å². The van der Waals surface area contributed by atoms with Gasteiger partial charge >= 0.3 is 0 Å². The molecule has 0 N–H and O–H groups in total. The van der Waals surface area contributed by atoms with E-state index in [2.05, 4.69) is 180 Å². The third-order valence-electron chi connectivity index (χ3n) is 13.8. The Morgan fingerprint density at radius 1 is 0.459 bits per heavy atom. The first kappa shape index (κ1) is 43.9. The van der Waals surface area contributed by atoms with Crippen molar-refractivity contribution in [2.45, 2.75) is 79.1 Å². The number of aromatic nitrogens is 4. The van der Waals surface area contributed by atoms with Crippen LogP contribution >= 0.6 is 0 Å². The topological polar surface area (TPSA) is 48.8 Å². The number of rotatable bonds is 10. The maximum atomic E-state index is 8.47. The Bertz CT molecular complexity index is 4150. The Labute approximate surface area is 456 Å². The zero-order valence-corrected chi connectivity index (χ0v) is 45.3. The van der Waals surface area contributed by atoms with E-state index >= 15 is 0 Å². The SMILES string of the molecule is CC(C)c1cc(-c2ccccc2)cc(C(C)C)c1-n1c(-c2[c-]cccc2)nc2ccccc21.[2H]c1c([2H])c([2H])c(-c2ccc3c(c2)oc2c(-c4nc5ccccc5n4-c4c(C(C)C)cccc4C(C)C)[c-]ccc23)c([2H])c1[2H].[Ir]. The van der Waals surface area contributed by atoms with Crippen LogP contribution in [0, 0.1) is 12.1 Å². The molecule has 0 spiro atoms. The van der Waals surface area contributed by atoms with Crippen molar-refractivity contribution < 1.29 is 31.4 Å². The van der Waals surface area contributed by atoms with E-state index in [1.165, 1.54) is 39.1 Å². The summed E-state index contributed by atoms with van der Waals surface area (Å²) >= 11 is 0. The van der Waals surface area contributed by atoms with Crippen molar-refractivity contribution in [3.8, 4) is 56.4 Å². The van der Waals surface area contributed by atoms with Crippen LogP contribution in [0.2, 0.25) is 0 Å². The van der Waals surface area contributed by atoms with Crippen LogP contribution in [0.1, 0.15) is 108 Å². The monoisotopic (exact) mass is 1150 g/mol. The van der Waals surface area contributed by atoms with E-state index in [0.717, 1.165) is 61.3 Å². The smallest absolute Gasteiger partial charge is 0.121 e. The summed E-state index contributed by atoms with van der Waals surface area (Å²) in [6.07, 6.45) is 0. The minimum absolute atomic E-state index is 0. The van der Waals surface area contributed by atoms with E-state index in [0.29, 0.717) is 28.6 Å². The molecule has 3 aromatic heterocycles. The maximum absolute atomic E-state index is 8.47. The number of furan rings is 1. The van der Waals surface area contributed by atoms with Gasteiger partial charge in [-0.25, -0.2) is 0 Å². The fourth-order valence-electron chi connectivity index (χ4n) is 10.2. The van der Waals surface area contributed by atoms with Crippen LogP contribution < -0.4 is 0 Å². The Morgan fingerprint density at radius 3 is 1.64 bits per heavy atom. The van der Waals surface area contributed by atoms with Gasteiger partial charge in [0, 0.05) is 36.9 Å². The fraction of sp³-hybridized carbons (Fsp3) is 0.176. The minimum atomic E-state index is -0.415. The van der Waals surface area contributed by atoms with Crippen LogP contribution in [0.5, 0.6) is 0 Å². The predicted molar refractivity (Wildman–Crippen MR) is 305 cm³/mol. The van der Waals surface area contributed by atoms with Gasteiger partial charge in [0.2, 0.25) is 0 Å². The Balaban J connectivity index is 0.000000184. The third-order valence-corrected chi connectivity index (χ3v) is 13.8. The summed E-state index contributed by atoms with van der Waals surface area (Å²) in [7, 11) is 0. The summed E-state index contributed by atoms with van der Waals surface area (Å²) in [4.78, 5) is 10.2. The molecule has 6 heteroatoms. The van der Waals surface area contributed by atoms with Gasteiger partial charge < -0.3 is 13.6 Å². The van der Waals surface area contributed by atoms with Crippen molar-refractivity contribution in [3.63, 3.8) is 0 Å². The zero-order chi connectivity index (χ0) is 54.7. The van der Waals surface area contributed by atoms with E-state index in [9.17, 15) is 0 Å². The van der Waals surface area contributed by atoms with E-state index in [1.54, 1.807) is 12.1 Å². The molecular formula is C68H60IrN4O-2. The molecule has 9 aromatic carbocycles. The van der Waals surface area contributed by atoms with Gasteiger partial charge in [0.05, 0.1) is 46.2 Å². The van der Waals surface area contributed by atoms with Crippen LogP contribution in [-0.4, -0.2) is 19.1 Å². The summed E-state index contributed by atoms with van der Waals surface area (Å²) in [6.45, 7) is 18.0. The molecule has 0 unspecified atom stereocenters. The van der Waals surface area contributed by atoms with Gasteiger partial charge in [-0.05, 0) is 111 Å². The molecule has 369 valence electrons. The summed E-state index contributed by atoms with van der Waals surface area (Å²) in [6, 6.07) is 61.1. The summed E-state index contributed by atoms with van der Waals surface area (Å²) in [5.41, 5.74) is 17.5. The van der Waals surface area contributed by atoms with Crippen LogP contribution in [0.25, 0.3) is 100 Å². The van der Waals surface area contributed by atoms with Gasteiger partial charge in [-0.15, -0.1) is 54.1 Å². The molecule has 0 saturated carbocycles. The van der Waals surface area contributed by atoms with E-state index in [4.69, 9.17) is 21.2 Å². The molecule has 74 heavy (non-hydrogen) atoms. The minimum Gasteiger partial charge on any atom is -0.501 e. The first-order valence-electron chi connectivity index (χ1n) is 27.9. The molecule has 0 atom stereocenters. The molecule has 1 radical (unpaired) electrons. The second-order valence-corrected chi connectivity index (χ2v) is 20.0. The van der Waals surface area contributed by atoms with Gasteiger partial charge in [-0.2, -0.15) is 0 Å². The van der Waals surface area contributed by atoms with Crippen LogP contribution in [0.3, 0.4) is 0 Å². The number of benzene rings is 9. The van der Waals surface area contributed by atoms with Gasteiger partial charge in [-0.3, -0.25) is 9.97 Å². The van der Waals surface area contributed by atoms with Crippen molar-refractivity contribution in [2.75, 3.05) is 0 Å². The first-order valence-corrected chi connectivity index (χ1v) is 25.4. The number of para-hydroxylation sites is 5. The molecule has 12 rings (SSSR count). The van der Waals surface area contributed by atoms with E-state index in [1.807, 2.05) is 48.5 Å². The summed E-state index contributed by atoms with van der Waals surface area (Å²) in [5.74, 6) is 2.93. The first-order chi connectivity index (χ1) is 37.6. The molecule has 0 saturated heterocycles. The standard InChI is InChI=1S/C37H31N2O.C31H29N2.Ir/c1-23(2)27-14-10-15-28(24(3)4)35(27)39-33-19-9-8-18-32(33)38-37(39)31-17-11-16-30-29-21-20-26(22-34(29)40-36(30)31)25-12-6-5-7-13-25;1-21(2)26-19-25(23-13-7-5-8-14-23)20-27(22(3)4)30(26)33-29-18-12-11-17-28(29)32-31(33)24-15-9-6-10-16-24;/h5-16,18-24H,1-4H3;5-15,17-22H,1-4H3;/q2*-1;/i5D,6D,7D,12D,13D;;. The predicted octanol–water partition coefficient (Wildman–Crippen LogP) is 18.7. The van der Waals surface area contributed by atoms with E-state index in [-0.39, 0.29) is 61.7 Å². The second kappa shape index (κ2) is 21.1. The third kappa shape index (κ3) is 9.23. The van der Waals surface area contributed by atoms with Crippen molar-refractivity contribution in [1.29, 1.82) is 0 Å². The average Bonchev–Trinajstić information content (AvgIpc) is 4.16. The van der Waals surface area contributed by atoms with Crippen molar-refractivity contribution in [3.05, 3.63) is 228 Å². The quantitative estimate of drug-likeness (QED) is 0.128. The molecule has 0 aliphatic carbocycles. The van der Waals surface area contributed by atoms with Gasteiger partial charge in [0.25, 0.3) is 0 Å². The number of nitrogens with zero attached hydrogens (tertiary/aromatic N) is 4. The van der Waals surface area contributed by atoms with Crippen molar-refractivity contribution >= 4 is 44.0 Å². The van der Waals surface area contributed by atoms with Crippen molar-refractivity contribution in [1.82, 2.24) is 19.1 Å². The molecule has 0 bridgehead atoms. The number of hydrogen-bond donors (Lipinski definition) is 0. The molecular weight excluding hydrogens is 1080 g/mol. The molecule has 12 aromatic rings. The number of hydrogen-bond acceptors (Lipinski definition) is 3. The molecule has 0 amide bonds. The summed E-state index contributed by atoms with van der Waals surface area (Å²) < 4.78 is 52.4. The molecule has 5 nitrogen and oxygen atoms in total. The second-order valence-electron chi connectivity index (χ2n) is 20.0. The Kier molecular flexibility index (Phi) is 12.5.